The SMILES string of the molecule is O=C(Nc1ccccc1Br)N1CCOC(c2ccc(Cl)cc2)C1. The topological polar surface area (TPSA) is 41.6 Å². The van der Waals surface area contributed by atoms with E-state index in [0.29, 0.717) is 24.7 Å². The van der Waals surface area contributed by atoms with Crippen molar-refractivity contribution >= 4 is 39.2 Å². The molecule has 1 atom stereocenters. The number of hydrogen-bond acceptors (Lipinski definition) is 2. The van der Waals surface area contributed by atoms with E-state index in [1.54, 1.807) is 4.90 Å². The molecule has 23 heavy (non-hydrogen) atoms. The zero-order valence-corrected chi connectivity index (χ0v) is 14.7. The number of urea groups is 1. The van der Waals surface area contributed by atoms with E-state index in [0.717, 1.165) is 15.7 Å². The molecule has 1 N–H and O–H groups in total. The first-order valence-electron chi connectivity index (χ1n) is 7.31. The predicted molar refractivity (Wildman–Crippen MR) is 94.9 cm³/mol. The van der Waals surface area contributed by atoms with Crippen LogP contribution in [0.2, 0.25) is 5.02 Å². The minimum absolute atomic E-state index is 0.126. The number of carbonyl (C=O) groups excluding carboxylic acids is 1. The van der Waals surface area contributed by atoms with Gasteiger partial charge in [-0.3, -0.25) is 0 Å². The molecule has 0 radical (unpaired) electrons. The third-order valence-electron chi connectivity index (χ3n) is 3.71. The third kappa shape index (κ3) is 4.05. The highest BCUT2D eigenvalue weighted by atomic mass is 79.9. The lowest BCUT2D eigenvalue weighted by atomic mass is 10.1. The molecule has 0 aliphatic carbocycles. The van der Waals surface area contributed by atoms with Crippen LogP contribution in [-0.4, -0.2) is 30.6 Å². The summed E-state index contributed by atoms with van der Waals surface area (Å²) in [5, 5.41) is 3.61. The van der Waals surface area contributed by atoms with Crippen LogP contribution in [0.3, 0.4) is 0 Å². The number of benzene rings is 2. The summed E-state index contributed by atoms with van der Waals surface area (Å²) < 4.78 is 6.64. The summed E-state index contributed by atoms with van der Waals surface area (Å²) in [5.74, 6) is 0. The van der Waals surface area contributed by atoms with Crippen LogP contribution in [0.5, 0.6) is 0 Å². The molecule has 1 fully saturated rings. The molecule has 4 nitrogen and oxygen atoms in total. The van der Waals surface area contributed by atoms with E-state index in [-0.39, 0.29) is 12.1 Å². The van der Waals surface area contributed by atoms with Crippen LogP contribution in [0, 0.1) is 0 Å². The zero-order chi connectivity index (χ0) is 16.2. The molecule has 1 saturated heterocycles. The van der Waals surface area contributed by atoms with Crippen molar-refractivity contribution in [2.75, 3.05) is 25.0 Å². The lowest BCUT2D eigenvalue weighted by Crippen LogP contribution is -2.44. The van der Waals surface area contributed by atoms with Crippen molar-refractivity contribution in [3.63, 3.8) is 0 Å². The van der Waals surface area contributed by atoms with Gasteiger partial charge in [-0.25, -0.2) is 4.79 Å². The Morgan fingerprint density at radius 3 is 2.70 bits per heavy atom. The molecule has 1 unspecified atom stereocenters. The summed E-state index contributed by atoms with van der Waals surface area (Å²) in [7, 11) is 0. The second kappa shape index (κ2) is 7.34. The lowest BCUT2D eigenvalue weighted by Gasteiger charge is -2.33. The highest BCUT2D eigenvalue weighted by Crippen LogP contribution is 2.25. The molecule has 2 amide bonds. The molecule has 0 saturated carbocycles. The number of nitrogens with one attached hydrogen (secondary N) is 1. The number of halogens is 2. The van der Waals surface area contributed by atoms with Crippen LogP contribution >= 0.6 is 27.5 Å². The summed E-state index contributed by atoms with van der Waals surface area (Å²) in [5.41, 5.74) is 1.78. The molecule has 2 aromatic rings. The highest BCUT2D eigenvalue weighted by molar-refractivity contribution is 9.10. The minimum atomic E-state index is -0.133. The van der Waals surface area contributed by atoms with Crippen molar-refractivity contribution in [3.05, 3.63) is 63.6 Å². The zero-order valence-electron chi connectivity index (χ0n) is 12.3. The molecule has 6 heteroatoms. The number of anilines is 1. The van der Waals surface area contributed by atoms with E-state index in [1.165, 1.54) is 0 Å². The quantitative estimate of drug-likeness (QED) is 0.800. The predicted octanol–water partition coefficient (Wildman–Crippen LogP) is 4.71. The normalized spacial score (nSPS) is 17.8. The van der Waals surface area contributed by atoms with Gasteiger partial charge >= 0.3 is 6.03 Å². The highest BCUT2D eigenvalue weighted by Gasteiger charge is 2.25. The Morgan fingerprint density at radius 1 is 1.22 bits per heavy atom. The van der Waals surface area contributed by atoms with Gasteiger partial charge in [0.1, 0.15) is 6.10 Å². The number of carbonyl (C=O) groups is 1. The van der Waals surface area contributed by atoms with Crippen molar-refractivity contribution in [1.29, 1.82) is 0 Å². The van der Waals surface area contributed by atoms with Crippen LogP contribution in [0.25, 0.3) is 0 Å². The fraction of sp³-hybridized carbons (Fsp3) is 0.235. The van der Waals surface area contributed by atoms with Gasteiger partial charge in [-0.15, -0.1) is 0 Å². The maximum Gasteiger partial charge on any atom is 0.322 e. The average molecular weight is 396 g/mol. The molecule has 1 aliphatic heterocycles. The fourth-order valence-electron chi connectivity index (χ4n) is 2.47. The molecule has 1 aliphatic rings. The van der Waals surface area contributed by atoms with Crippen LogP contribution in [0.4, 0.5) is 10.5 Å². The molecular weight excluding hydrogens is 380 g/mol. The first-order valence-corrected chi connectivity index (χ1v) is 8.48. The summed E-state index contributed by atoms with van der Waals surface area (Å²) in [6.45, 7) is 1.59. The molecular formula is C17H16BrClN2O2. The maximum atomic E-state index is 12.5. The summed E-state index contributed by atoms with van der Waals surface area (Å²) >= 11 is 9.35. The van der Waals surface area contributed by atoms with Crippen molar-refractivity contribution in [1.82, 2.24) is 4.90 Å². The monoisotopic (exact) mass is 394 g/mol. The van der Waals surface area contributed by atoms with E-state index in [1.807, 2.05) is 48.5 Å². The Balaban J connectivity index is 1.67. The van der Waals surface area contributed by atoms with E-state index in [9.17, 15) is 4.79 Å². The molecule has 1 heterocycles. The second-order valence-corrected chi connectivity index (χ2v) is 6.56. The molecule has 0 aromatic heterocycles. The number of amides is 2. The summed E-state index contributed by atoms with van der Waals surface area (Å²) in [6.07, 6.45) is -0.133. The molecule has 2 aromatic carbocycles. The second-order valence-electron chi connectivity index (χ2n) is 5.27. The van der Waals surface area contributed by atoms with E-state index in [4.69, 9.17) is 16.3 Å². The van der Waals surface area contributed by atoms with Gasteiger partial charge in [-0.2, -0.15) is 0 Å². The largest absolute Gasteiger partial charge is 0.370 e. The number of morpholine rings is 1. The Labute approximate surface area is 148 Å². The summed E-state index contributed by atoms with van der Waals surface area (Å²) in [4.78, 5) is 14.2. The van der Waals surface area contributed by atoms with Crippen molar-refractivity contribution in [2.45, 2.75) is 6.10 Å². The number of hydrogen-bond donors (Lipinski definition) is 1. The first-order chi connectivity index (χ1) is 11.1. The molecule has 0 spiro atoms. The number of para-hydroxylation sites is 1. The summed E-state index contributed by atoms with van der Waals surface area (Å²) in [6, 6.07) is 15.0. The number of ether oxygens (including phenoxy) is 1. The molecule has 3 rings (SSSR count). The van der Waals surface area contributed by atoms with Gasteiger partial charge in [-0.05, 0) is 45.8 Å². The Morgan fingerprint density at radius 2 is 1.96 bits per heavy atom. The third-order valence-corrected chi connectivity index (χ3v) is 4.65. The number of rotatable bonds is 2. The van der Waals surface area contributed by atoms with Gasteiger partial charge < -0.3 is 15.0 Å². The molecule has 0 bridgehead atoms. The molecule has 120 valence electrons. The van der Waals surface area contributed by atoms with Gasteiger partial charge in [0.15, 0.2) is 0 Å². The van der Waals surface area contributed by atoms with Crippen LogP contribution in [-0.2, 0) is 4.74 Å². The van der Waals surface area contributed by atoms with Gasteiger partial charge in [0.25, 0.3) is 0 Å². The maximum absolute atomic E-state index is 12.5. The van der Waals surface area contributed by atoms with Crippen molar-refractivity contribution in [2.24, 2.45) is 0 Å². The van der Waals surface area contributed by atoms with Gasteiger partial charge in [0.05, 0.1) is 18.8 Å². The Kier molecular flexibility index (Phi) is 5.20. The minimum Gasteiger partial charge on any atom is -0.370 e. The van der Waals surface area contributed by atoms with Crippen LogP contribution < -0.4 is 5.32 Å². The van der Waals surface area contributed by atoms with Gasteiger partial charge in [0, 0.05) is 16.0 Å². The Hall–Kier alpha value is -1.56. The fourth-order valence-corrected chi connectivity index (χ4v) is 2.98. The van der Waals surface area contributed by atoms with Crippen molar-refractivity contribution in [3.8, 4) is 0 Å². The van der Waals surface area contributed by atoms with Gasteiger partial charge in [0.2, 0.25) is 0 Å². The first kappa shape index (κ1) is 16.3. The van der Waals surface area contributed by atoms with E-state index < -0.39 is 0 Å². The smallest absolute Gasteiger partial charge is 0.322 e. The standard InChI is InChI=1S/C17H16BrClN2O2/c18-14-3-1-2-4-15(14)20-17(22)21-9-10-23-16(11-21)12-5-7-13(19)8-6-12/h1-8,16H,9-11H2,(H,20,22). The van der Waals surface area contributed by atoms with Crippen LogP contribution in [0.15, 0.2) is 53.0 Å². The van der Waals surface area contributed by atoms with Crippen LogP contribution in [0.1, 0.15) is 11.7 Å². The van der Waals surface area contributed by atoms with E-state index in [2.05, 4.69) is 21.2 Å². The van der Waals surface area contributed by atoms with Gasteiger partial charge in [-0.1, -0.05) is 35.9 Å². The number of nitrogens with zero attached hydrogens (tertiary/aromatic N) is 1. The average Bonchev–Trinajstić information content (AvgIpc) is 2.58. The Bertz CT molecular complexity index is 693. The lowest BCUT2D eigenvalue weighted by molar-refractivity contribution is -0.0135. The van der Waals surface area contributed by atoms with Crippen molar-refractivity contribution < 1.29 is 9.53 Å². The van der Waals surface area contributed by atoms with E-state index >= 15 is 0 Å².